The molecule has 1 aliphatic heterocycles. The van der Waals surface area contributed by atoms with Gasteiger partial charge in [0.15, 0.2) is 0 Å². The Labute approximate surface area is 321 Å². The van der Waals surface area contributed by atoms with E-state index in [2.05, 4.69) is 72.8 Å². The quantitative estimate of drug-likeness (QED) is 0.0387. The van der Waals surface area contributed by atoms with Crippen LogP contribution in [0.3, 0.4) is 0 Å². The summed E-state index contributed by atoms with van der Waals surface area (Å²) in [5.74, 6) is 1.05. The van der Waals surface area contributed by atoms with Gasteiger partial charge in [-0.05, 0) is 29.0 Å². The van der Waals surface area contributed by atoms with Crippen LogP contribution < -0.4 is 0 Å². The fraction of sp³-hybridized carbons (Fsp3) is 0.617. The number of benzene rings is 3. The number of epoxide rings is 1. The van der Waals surface area contributed by atoms with Crippen LogP contribution in [0.4, 0.5) is 0 Å². The van der Waals surface area contributed by atoms with Gasteiger partial charge in [-0.3, -0.25) is 0 Å². The molecular weight excluding hydrogens is 661 g/mol. The van der Waals surface area contributed by atoms with E-state index in [4.69, 9.17) is 28.4 Å². The smallest absolute Gasteiger partial charge is 0.143 e. The molecule has 0 amide bonds. The summed E-state index contributed by atoms with van der Waals surface area (Å²) in [6.07, 6.45) is 22.6. The van der Waals surface area contributed by atoms with E-state index in [-0.39, 0.29) is 12.2 Å². The van der Waals surface area contributed by atoms with E-state index in [1.165, 1.54) is 96.3 Å². The first kappa shape index (κ1) is 41.6. The maximum atomic E-state index is 6.81. The second-order valence-electron chi connectivity index (χ2n) is 15.1. The van der Waals surface area contributed by atoms with Gasteiger partial charge in [0.25, 0.3) is 0 Å². The number of hydrogen-bond donors (Lipinski definition) is 0. The van der Waals surface area contributed by atoms with Crippen molar-refractivity contribution in [1.82, 2.24) is 0 Å². The van der Waals surface area contributed by atoms with Gasteiger partial charge in [0.2, 0.25) is 0 Å². The zero-order valence-electron chi connectivity index (χ0n) is 32.5. The Hall–Kier alpha value is -2.58. The lowest BCUT2D eigenvalue weighted by Gasteiger charge is -2.36. The van der Waals surface area contributed by atoms with Crippen molar-refractivity contribution in [3.63, 3.8) is 0 Å². The maximum absolute atomic E-state index is 6.81. The molecule has 292 valence electrons. The van der Waals surface area contributed by atoms with E-state index in [0.29, 0.717) is 46.2 Å². The Morgan fingerprint density at radius 1 is 0.528 bits per heavy atom. The molecule has 2 unspecified atom stereocenters. The van der Waals surface area contributed by atoms with E-state index >= 15 is 0 Å². The third-order valence-corrected chi connectivity index (χ3v) is 10.9. The van der Waals surface area contributed by atoms with Crippen molar-refractivity contribution in [1.29, 1.82) is 0 Å². The molecule has 1 saturated carbocycles. The minimum Gasteiger partial charge on any atom is -0.379 e. The predicted octanol–water partition coefficient (Wildman–Crippen LogP) is 10.7. The van der Waals surface area contributed by atoms with Gasteiger partial charge in [0.1, 0.15) is 17.8 Å². The standard InChI is InChI=1S/C47H68O6/c1(3-5-7-13-23-41-24-14-9-15-25-41)2-4-6-8-22-32-49-37-45(51-39-46-40-52-46)38-50-34-33-48-35-36-53-47(42-26-16-10-17-27-42,43-28-18-11-19-29-43)44-30-20-12-21-31-44/h10-12,16-21,26-31,41,45-46H,1-9,13-15,22-25,32-40H2. The van der Waals surface area contributed by atoms with Gasteiger partial charge >= 0.3 is 0 Å². The topological polar surface area (TPSA) is 58.7 Å². The summed E-state index contributed by atoms with van der Waals surface area (Å²) < 4.78 is 36.2. The molecule has 1 saturated heterocycles. The molecule has 53 heavy (non-hydrogen) atoms. The number of hydrogen-bond acceptors (Lipinski definition) is 6. The summed E-state index contributed by atoms with van der Waals surface area (Å²) >= 11 is 0. The molecule has 5 rings (SSSR count). The summed E-state index contributed by atoms with van der Waals surface area (Å²) in [7, 11) is 0. The van der Waals surface area contributed by atoms with Crippen LogP contribution >= 0.6 is 0 Å². The average Bonchev–Trinajstić information content (AvgIpc) is 4.05. The monoisotopic (exact) mass is 729 g/mol. The van der Waals surface area contributed by atoms with Crippen LogP contribution in [0.2, 0.25) is 0 Å². The van der Waals surface area contributed by atoms with Crippen molar-refractivity contribution in [2.45, 2.75) is 121 Å². The molecule has 0 radical (unpaired) electrons. The average molecular weight is 729 g/mol. The highest BCUT2D eigenvalue weighted by molar-refractivity contribution is 5.47. The fourth-order valence-corrected chi connectivity index (χ4v) is 7.75. The molecule has 2 aliphatic rings. The second kappa shape index (κ2) is 25.5. The fourth-order valence-electron chi connectivity index (χ4n) is 7.75. The van der Waals surface area contributed by atoms with E-state index in [0.717, 1.165) is 42.2 Å². The van der Waals surface area contributed by atoms with Crippen molar-refractivity contribution in [2.24, 2.45) is 5.92 Å². The Bertz CT molecular complexity index is 1200. The summed E-state index contributed by atoms with van der Waals surface area (Å²) in [5.41, 5.74) is 2.51. The Kier molecular flexibility index (Phi) is 20.0. The molecule has 0 N–H and O–H groups in total. The second-order valence-corrected chi connectivity index (χ2v) is 15.1. The summed E-state index contributed by atoms with van der Waals surface area (Å²) in [5, 5.41) is 0. The van der Waals surface area contributed by atoms with E-state index in [1.54, 1.807) is 0 Å². The van der Waals surface area contributed by atoms with E-state index in [1.807, 2.05) is 18.2 Å². The molecule has 6 heteroatoms. The lowest BCUT2D eigenvalue weighted by molar-refractivity contribution is -0.0744. The Morgan fingerprint density at radius 3 is 1.55 bits per heavy atom. The minimum atomic E-state index is -0.744. The molecule has 0 bridgehead atoms. The Morgan fingerprint density at radius 2 is 1.00 bits per heavy atom. The lowest BCUT2D eigenvalue weighted by atomic mass is 9.80. The van der Waals surface area contributed by atoms with Gasteiger partial charge in [-0.25, -0.2) is 0 Å². The molecule has 0 aromatic heterocycles. The molecule has 3 aromatic carbocycles. The highest BCUT2D eigenvalue weighted by Crippen LogP contribution is 2.40. The third-order valence-electron chi connectivity index (χ3n) is 10.9. The first-order valence-electron chi connectivity index (χ1n) is 21.1. The van der Waals surface area contributed by atoms with Crippen LogP contribution in [0.25, 0.3) is 0 Å². The van der Waals surface area contributed by atoms with Crippen LogP contribution in [-0.4, -0.2) is 71.7 Å². The third kappa shape index (κ3) is 15.6. The SMILES string of the molecule is c1ccc(C(OCCOCCOCC(COCCCCCCCCCCCCC2CCCCC2)OCC2CO2)(c2ccccc2)c2ccccc2)cc1. The van der Waals surface area contributed by atoms with E-state index < -0.39 is 5.60 Å². The molecule has 6 nitrogen and oxygen atoms in total. The largest absolute Gasteiger partial charge is 0.379 e. The zero-order valence-corrected chi connectivity index (χ0v) is 32.5. The van der Waals surface area contributed by atoms with Crippen molar-refractivity contribution >= 4 is 0 Å². The molecule has 1 aliphatic carbocycles. The summed E-state index contributed by atoms with van der Waals surface area (Å²) in [4.78, 5) is 0. The van der Waals surface area contributed by atoms with Crippen LogP contribution in [0.15, 0.2) is 91.0 Å². The van der Waals surface area contributed by atoms with Gasteiger partial charge in [-0.2, -0.15) is 0 Å². The van der Waals surface area contributed by atoms with Crippen LogP contribution in [0.1, 0.15) is 119 Å². The number of ether oxygens (including phenoxy) is 6. The Balaban J connectivity index is 0.907. The molecular formula is C47H68O6. The van der Waals surface area contributed by atoms with E-state index in [9.17, 15) is 0 Å². The minimum absolute atomic E-state index is 0.103. The van der Waals surface area contributed by atoms with Crippen LogP contribution in [0, 0.1) is 5.92 Å². The highest BCUT2D eigenvalue weighted by atomic mass is 16.6. The summed E-state index contributed by atoms with van der Waals surface area (Å²) in [6, 6.07) is 31.3. The molecule has 0 spiro atoms. The molecule has 2 atom stereocenters. The van der Waals surface area contributed by atoms with Crippen molar-refractivity contribution in [3.8, 4) is 0 Å². The first-order valence-corrected chi connectivity index (χ1v) is 21.1. The maximum Gasteiger partial charge on any atom is 0.143 e. The normalized spacial score (nSPS) is 16.9. The van der Waals surface area contributed by atoms with Gasteiger partial charge in [-0.15, -0.1) is 0 Å². The highest BCUT2D eigenvalue weighted by Gasteiger charge is 2.37. The summed E-state index contributed by atoms with van der Waals surface area (Å²) in [6.45, 7) is 5.04. The van der Waals surface area contributed by atoms with Gasteiger partial charge in [-0.1, -0.05) is 187 Å². The lowest BCUT2D eigenvalue weighted by Crippen LogP contribution is -2.34. The van der Waals surface area contributed by atoms with Gasteiger partial charge < -0.3 is 28.4 Å². The van der Waals surface area contributed by atoms with Crippen LogP contribution in [0.5, 0.6) is 0 Å². The first-order chi connectivity index (χ1) is 26.3. The molecule has 2 fully saturated rings. The van der Waals surface area contributed by atoms with Crippen molar-refractivity contribution < 1.29 is 28.4 Å². The van der Waals surface area contributed by atoms with Gasteiger partial charge in [0.05, 0.1) is 52.9 Å². The predicted molar refractivity (Wildman–Crippen MR) is 214 cm³/mol. The molecule has 3 aromatic rings. The van der Waals surface area contributed by atoms with Gasteiger partial charge in [0, 0.05) is 6.61 Å². The van der Waals surface area contributed by atoms with Crippen molar-refractivity contribution in [3.05, 3.63) is 108 Å². The zero-order chi connectivity index (χ0) is 36.5. The number of rotatable bonds is 30. The van der Waals surface area contributed by atoms with Crippen molar-refractivity contribution in [2.75, 3.05) is 59.5 Å². The molecule has 1 heterocycles. The number of unbranched alkanes of at least 4 members (excludes halogenated alkanes) is 9. The van der Waals surface area contributed by atoms with Crippen LogP contribution in [-0.2, 0) is 34.0 Å².